The zero-order valence-corrected chi connectivity index (χ0v) is 13.7. The first-order valence-corrected chi connectivity index (χ1v) is 7.67. The molecule has 0 aliphatic heterocycles. The van der Waals surface area contributed by atoms with Gasteiger partial charge in [-0.1, -0.05) is 13.8 Å². The molecule has 0 radical (unpaired) electrons. The van der Waals surface area contributed by atoms with Crippen LogP contribution < -0.4 is 11.1 Å². The smallest absolute Gasteiger partial charge is 0.407 e. The number of aromatic nitrogens is 1. The lowest BCUT2D eigenvalue weighted by Gasteiger charge is -2.22. The number of nitrogens with two attached hydrogens (primary N) is 1. The number of hydrogen-bond donors (Lipinski definition) is 2. The van der Waals surface area contributed by atoms with Gasteiger partial charge in [0, 0.05) is 36.0 Å². The predicted octanol–water partition coefficient (Wildman–Crippen LogP) is 2.66. The first kappa shape index (κ1) is 16.9. The number of thiazole rings is 1. The van der Waals surface area contributed by atoms with Crippen molar-refractivity contribution in [3.05, 3.63) is 16.1 Å². The predicted molar refractivity (Wildman–Crippen MR) is 82.1 cm³/mol. The zero-order valence-electron chi connectivity index (χ0n) is 12.9. The highest BCUT2D eigenvalue weighted by Gasteiger charge is 2.19. The second kappa shape index (κ2) is 7.04. The molecule has 0 saturated carbocycles. The van der Waals surface area contributed by atoms with Crippen LogP contribution in [0.1, 0.15) is 50.4 Å². The molecule has 1 aromatic rings. The summed E-state index contributed by atoms with van der Waals surface area (Å²) in [6.45, 7) is 10.1. The maximum Gasteiger partial charge on any atom is 0.407 e. The van der Waals surface area contributed by atoms with Gasteiger partial charge in [0.05, 0.1) is 5.01 Å². The third kappa shape index (κ3) is 5.88. The van der Waals surface area contributed by atoms with Crippen LogP contribution in [0.25, 0.3) is 0 Å². The van der Waals surface area contributed by atoms with Crippen molar-refractivity contribution in [3.63, 3.8) is 0 Å². The van der Waals surface area contributed by atoms with Crippen molar-refractivity contribution < 1.29 is 9.53 Å². The molecule has 0 fully saturated rings. The summed E-state index contributed by atoms with van der Waals surface area (Å²) in [4.78, 5) is 17.2. The van der Waals surface area contributed by atoms with Crippen LogP contribution in [0.4, 0.5) is 4.79 Å². The standard InChI is InChI=1S/C14H25N3O2S/c1-9(2)12-16-8-11(20-12)6-10(7-15)17-13(18)19-14(3,4)5/h8-10H,6-7,15H2,1-5H3,(H,17,18). The molecule has 0 aromatic carbocycles. The first-order valence-electron chi connectivity index (χ1n) is 6.85. The molecular formula is C14H25N3O2S. The van der Waals surface area contributed by atoms with Crippen molar-refractivity contribution in [2.75, 3.05) is 6.54 Å². The molecule has 1 amide bonds. The summed E-state index contributed by atoms with van der Waals surface area (Å²) >= 11 is 1.67. The summed E-state index contributed by atoms with van der Waals surface area (Å²) in [5, 5.41) is 3.91. The van der Waals surface area contributed by atoms with Crippen LogP contribution in [-0.4, -0.2) is 29.3 Å². The largest absolute Gasteiger partial charge is 0.444 e. The van der Waals surface area contributed by atoms with Crippen LogP contribution in [0.2, 0.25) is 0 Å². The molecule has 6 heteroatoms. The third-order valence-electron chi connectivity index (χ3n) is 2.52. The molecule has 0 bridgehead atoms. The fourth-order valence-electron chi connectivity index (χ4n) is 1.59. The van der Waals surface area contributed by atoms with Gasteiger partial charge in [-0.05, 0) is 20.8 Å². The highest BCUT2D eigenvalue weighted by atomic mass is 32.1. The van der Waals surface area contributed by atoms with E-state index in [0.717, 1.165) is 9.88 Å². The molecule has 20 heavy (non-hydrogen) atoms. The summed E-state index contributed by atoms with van der Waals surface area (Å²) in [5.41, 5.74) is 5.21. The first-order chi connectivity index (χ1) is 9.21. The Balaban J connectivity index is 2.56. The zero-order chi connectivity index (χ0) is 15.3. The Morgan fingerprint density at radius 1 is 1.50 bits per heavy atom. The summed E-state index contributed by atoms with van der Waals surface area (Å²) in [6, 6.07) is -0.134. The van der Waals surface area contributed by atoms with E-state index >= 15 is 0 Å². The van der Waals surface area contributed by atoms with E-state index < -0.39 is 11.7 Å². The van der Waals surface area contributed by atoms with E-state index in [1.165, 1.54) is 0 Å². The van der Waals surface area contributed by atoms with E-state index in [4.69, 9.17) is 10.5 Å². The van der Waals surface area contributed by atoms with Gasteiger partial charge in [0.15, 0.2) is 0 Å². The van der Waals surface area contributed by atoms with Crippen molar-refractivity contribution in [1.82, 2.24) is 10.3 Å². The molecule has 1 heterocycles. The lowest BCUT2D eigenvalue weighted by molar-refractivity contribution is 0.0506. The lowest BCUT2D eigenvalue weighted by Crippen LogP contribution is -2.44. The Morgan fingerprint density at radius 2 is 2.15 bits per heavy atom. The molecule has 114 valence electrons. The maximum atomic E-state index is 11.7. The second-order valence-corrected chi connectivity index (χ2v) is 7.25. The van der Waals surface area contributed by atoms with Gasteiger partial charge in [0.1, 0.15) is 5.60 Å². The number of carbonyl (C=O) groups is 1. The van der Waals surface area contributed by atoms with Crippen molar-refractivity contribution in [3.8, 4) is 0 Å². The minimum Gasteiger partial charge on any atom is -0.444 e. The van der Waals surface area contributed by atoms with Crippen LogP contribution >= 0.6 is 11.3 Å². The van der Waals surface area contributed by atoms with Crippen molar-refractivity contribution in [2.45, 2.75) is 58.6 Å². The third-order valence-corrected chi connectivity index (χ3v) is 3.84. The average Bonchev–Trinajstić information content (AvgIpc) is 2.74. The molecule has 5 nitrogen and oxygen atoms in total. The fourth-order valence-corrected chi connectivity index (χ4v) is 2.59. The maximum absolute atomic E-state index is 11.7. The molecule has 3 N–H and O–H groups in total. The number of nitrogens with zero attached hydrogens (tertiary/aromatic N) is 1. The van der Waals surface area contributed by atoms with E-state index in [9.17, 15) is 4.79 Å². The monoisotopic (exact) mass is 299 g/mol. The van der Waals surface area contributed by atoms with E-state index in [0.29, 0.717) is 18.9 Å². The number of nitrogens with one attached hydrogen (secondary N) is 1. The van der Waals surface area contributed by atoms with E-state index in [1.54, 1.807) is 11.3 Å². The van der Waals surface area contributed by atoms with Gasteiger partial charge in [0.2, 0.25) is 0 Å². The van der Waals surface area contributed by atoms with Gasteiger partial charge in [0.25, 0.3) is 0 Å². The Kier molecular flexibility index (Phi) is 5.95. The summed E-state index contributed by atoms with van der Waals surface area (Å²) in [5.74, 6) is 0.420. The molecule has 0 aliphatic rings. The van der Waals surface area contributed by atoms with Gasteiger partial charge in [-0.25, -0.2) is 9.78 Å². The van der Waals surface area contributed by atoms with Crippen LogP contribution in [0.15, 0.2) is 6.20 Å². The summed E-state index contributed by atoms with van der Waals surface area (Å²) in [6.07, 6.45) is 2.11. The minimum atomic E-state index is -0.501. The number of carbonyl (C=O) groups excluding carboxylic acids is 1. The van der Waals surface area contributed by atoms with Crippen molar-refractivity contribution in [2.24, 2.45) is 5.73 Å². The fraction of sp³-hybridized carbons (Fsp3) is 0.714. The van der Waals surface area contributed by atoms with Crippen LogP contribution in [0.3, 0.4) is 0 Å². The number of ether oxygens (including phenoxy) is 1. The summed E-state index contributed by atoms with van der Waals surface area (Å²) in [7, 11) is 0. The number of amides is 1. The van der Waals surface area contributed by atoms with E-state index in [2.05, 4.69) is 24.1 Å². The Hall–Kier alpha value is -1.14. The van der Waals surface area contributed by atoms with Crippen LogP contribution in [0.5, 0.6) is 0 Å². The second-order valence-electron chi connectivity index (χ2n) is 6.10. The van der Waals surface area contributed by atoms with Crippen LogP contribution in [-0.2, 0) is 11.2 Å². The molecule has 0 spiro atoms. The van der Waals surface area contributed by atoms with Gasteiger partial charge in [-0.3, -0.25) is 0 Å². The molecule has 0 aliphatic carbocycles. The molecule has 1 atom stereocenters. The molecule has 1 unspecified atom stereocenters. The number of hydrogen-bond acceptors (Lipinski definition) is 5. The number of rotatable bonds is 5. The SMILES string of the molecule is CC(C)c1ncc(CC(CN)NC(=O)OC(C)(C)C)s1. The van der Waals surface area contributed by atoms with Gasteiger partial charge < -0.3 is 15.8 Å². The Morgan fingerprint density at radius 3 is 2.60 bits per heavy atom. The Bertz CT molecular complexity index is 438. The topological polar surface area (TPSA) is 77.2 Å². The Labute approximate surface area is 124 Å². The van der Waals surface area contributed by atoms with E-state index in [-0.39, 0.29) is 6.04 Å². The highest BCUT2D eigenvalue weighted by molar-refractivity contribution is 7.11. The normalized spacial score (nSPS) is 13.3. The van der Waals surface area contributed by atoms with Gasteiger partial charge in [-0.2, -0.15) is 0 Å². The quantitative estimate of drug-likeness (QED) is 0.876. The molecular weight excluding hydrogens is 274 g/mol. The van der Waals surface area contributed by atoms with Crippen molar-refractivity contribution in [1.29, 1.82) is 0 Å². The number of alkyl carbamates (subject to hydrolysis) is 1. The van der Waals surface area contributed by atoms with Gasteiger partial charge >= 0.3 is 6.09 Å². The average molecular weight is 299 g/mol. The molecule has 1 aromatic heterocycles. The highest BCUT2D eigenvalue weighted by Crippen LogP contribution is 2.22. The van der Waals surface area contributed by atoms with Crippen molar-refractivity contribution >= 4 is 17.4 Å². The lowest BCUT2D eigenvalue weighted by atomic mass is 10.2. The molecule has 1 rings (SSSR count). The molecule has 0 saturated heterocycles. The van der Waals surface area contributed by atoms with Crippen LogP contribution in [0, 0.1) is 0 Å². The van der Waals surface area contributed by atoms with Gasteiger partial charge in [-0.15, -0.1) is 11.3 Å². The minimum absolute atomic E-state index is 0.134. The summed E-state index contributed by atoms with van der Waals surface area (Å²) < 4.78 is 5.23. The van der Waals surface area contributed by atoms with E-state index in [1.807, 2.05) is 27.0 Å².